The molecule has 1 rings (SSSR count). The molecule has 9 heavy (non-hydrogen) atoms. The van der Waals surface area contributed by atoms with Crippen LogP contribution in [0, 0.1) is 0 Å². The predicted octanol–water partition coefficient (Wildman–Crippen LogP) is 2.38. The van der Waals surface area contributed by atoms with Gasteiger partial charge in [-0.3, -0.25) is 0 Å². The van der Waals surface area contributed by atoms with Crippen molar-refractivity contribution in [2.45, 2.75) is 36.2 Å². The highest BCUT2D eigenvalue weighted by molar-refractivity contribution is 14.1. The minimum Gasteiger partial charge on any atom is -0.377 e. The fourth-order valence-corrected chi connectivity index (χ4v) is 2.29. The van der Waals surface area contributed by atoms with Crippen LogP contribution in [0.5, 0.6) is 0 Å². The Labute approximate surface area is 70.3 Å². The fourth-order valence-electron chi connectivity index (χ4n) is 1.28. The normalized spacial score (nSPS) is 35.3. The highest BCUT2D eigenvalue weighted by Gasteiger charge is 2.24. The van der Waals surface area contributed by atoms with E-state index in [-0.39, 0.29) is 0 Å². The lowest BCUT2D eigenvalue weighted by Crippen LogP contribution is -2.17. The van der Waals surface area contributed by atoms with E-state index in [1.54, 1.807) is 0 Å². The fraction of sp³-hybridized carbons (Fsp3) is 1.00. The van der Waals surface area contributed by atoms with Gasteiger partial charge in [-0.15, -0.1) is 0 Å². The zero-order valence-corrected chi connectivity index (χ0v) is 7.93. The summed E-state index contributed by atoms with van der Waals surface area (Å²) in [7, 11) is 0. The molecule has 1 nitrogen and oxygen atoms in total. The first-order valence-corrected chi connectivity index (χ1v) is 4.85. The highest BCUT2D eigenvalue weighted by atomic mass is 127. The van der Waals surface area contributed by atoms with E-state index >= 15 is 0 Å². The lowest BCUT2D eigenvalue weighted by molar-refractivity contribution is 0.0745. The molecule has 0 aromatic rings. The average molecular weight is 240 g/mol. The Hall–Kier alpha value is 0.690. The van der Waals surface area contributed by atoms with Crippen molar-refractivity contribution in [3.05, 3.63) is 0 Å². The third-order valence-electron chi connectivity index (χ3n) is 1.75. The van der Waals surface area contributed by atoms with Crippen LogP contribution >= 0.6 is 22.6 Å². The van der Waals surface area contributed by atoms with Crippen molar-refractivity contribution in [1.29, 1.82) is 0 Å². The van der Waals surface area contributed by atoms with Crippen LogP contribution in [-0.4, -0.2) is 16.6 Å². The molecule has 0 N–H and O–H groups in total. The largest absolute Gasteiger partial charge is 0.377 e. The van der Waals surface area contributed by atoms with Crippen LogP contribution in [-0.2, 0) is 4.74 Å². The first kappa shape index (κ1) is 7.79. The molecule has 0 spiro atoms. The lowest BCUT2D eigenvalue weighted by atomic mass is 10.3. The number of halogens is 1. The molecule has 2 heteroatoms. The molecule has 0 aromatic heterocycles. The Morgan fingerprint density at radius 3 is 2.78 bits per heavy atom. The van der Waals surface area contributed by atoms with Crippen molar-refractivity contribution >= 4 is 22.6 Å². The minimum atomic E-state index is 0.565. The van der Waals surface area contributed by atoms with E-state index in [0.29, 0.717) is 6.10 Å². The Bertz CT molecular complexity index is 85.0. The van der Waals surface area contributed by atoms with Gasteiger partial charge in [0.25, 0.3) is 0 Å². The third kappa shape index (κ3) is 2.08. The Morgan fingerprint density at radius 1 is 1.56 bits per heavy atom. The molecule has 1 fully saturated rings. The molecule has 0 bridgehead atoms. The van der Waals surface area contributed by atoms with E-state index in [9.17, 15) is 0 Å². The molecule has 0 amide bonds. The van der Waals surface area contributed by atoms with Crippen LogP contribution in [0.2, 0.25) is 0 Å². The molecule has 1 aliphatic rings. The van der Waals surface area contributed by atoms with Gasteiger partial charge in [-0.1, -0.05) is 22.6 Å². The molecular formula is C7H13IO. The monoisotopic (exact) mass is 240 g/mol. The van der Waals surface area contributed by atoms with Crippen molar-refractivity contribution in [1.82, 2.24) is 0 Å². The van der Waals surface area contributed by atoms with Gasteiger partial charge in [0.15, 0.2) is 0 Å². The van der Waals surface area contributed by atoms with E-state index in [2.05, 4.69) is 29.5 Å². The highest BCUT2D eigenvalue weighted by Crippen LogP contribution is 2.28. The second-order valence-corrected chi connectivity index (χ2v) is 4.04. The summed E-state index contributed by atoms with van der Waals surface area (Å²) in [6.45, 7) is 2.95. The maximum atomic E-state index is 5.51. The molecule has 0 unspecified atom stereocenters. The number of alkyl halides is 1. The average Bonchev–Trinajstić information content (AvgIpc) is 2.18. The predicted molar refractivity (Wildman–Crippen MR) is 47.1 cm³/mol. The summed E-state index contributed by atoms with van der Waals surface area (Å²) in [6, 6.07) is 0. The summed E-state index contributed by atoms with van der Waals surface area (Å²) in [5, 5.41) is 0. The number of hydrogen-bond acceptors (Lipinski definition) is 1. The third-order valence-corrected chi connectivity index (χ3v) is 3.18. The second kappa shape index (κ2) is 3.76. The van der Waals surface area contributed by atoms with Gasteiger partial charge in [-0.25, -0.2) is 0 Å². The van der Waals surface area contributed by atoms with E-state index < -0.39 is 0 Å². The van der Waals surface area contributed by atoms with E-state index in [0.717, 1.165) is 10.5 Å². The summed E-state index contributed by atoms with van der Waals surface area (Å²) in [5.74, 6) is 0. The van der Waals surface area contributed by atoms with Crippen LogP contribution in [0.1, 0.15) is 26.2 Å². The van der Waals surface area contributed by atoms with Gasteiger partial charge in [0.1, 0.15) is 0 Å². The zero-order valence-electron chi connectivity index (χ0n) is 5.77. The maximum absolute atomic E-state index is 5.51. The van der Waals surface area contributed by atoms with Crippen LogP contribution in [0.3, 0.4) is 0 Å². The summed E-state index contributed by atoms with van der Waals surface area (Å²) in [4.78, 5) is 0. The minimum absolute atomic E-state index is 0.565. The molecule has 2 atom stereocenters. The smallest absolute Gasteiger partial charge is 0.0692 e. The zero-order chi connectivity index (χ0) is 6.69. The SMILES string of the molecule is CCO[C@@H]1CCC[C@H]1I. The molecule has 0 saturated heterocycles. The van der Waals surface area contributed by atoms with Gasteiger partial charge in [-0.05, 0) is 26.2 Å². The van der Waals surface area contributed by atoms with Crippen LogP contribution in [0.15, 0.2) is 0 Å². The van der Waals surface area contributed by atoms with Crippen molar-refractivity contribution < 1.29 is 4.74 Å². The first-order chi connectivity index (χ1) is 4.34. The molecule has 0 aromatic carbocycles. The Balaban J connectivity index is 2.22. The van der Waals surface area contributed by atoms with Gasteiger partial charge in [0, 0.05) is 10.5 Å². The van der Waals surface area contributed by atoms with Gasteiger partial charge < -0.3 is 4.74 Å². The molecule has 0 aliphatic heterocycles. The van der Waals surface area contributed by atoms with Crippen LogP contribution < -0.4 is 0 Å². The topological polar surface area (TPSA) is 9.23 Å². The van der Waals surface area contributed by atoms with E-state index in [1.807, 2.05) is 0 Å². The van der Waals surface area contributed by atoms with Gasteiger partial charge in [0.2, 0.25) is 0 Å². The molecular weight excluding hydrogens is 227 g/mol. The number of rotatable bonds is 2. The van der Waals surface area contributed by atoms with E-state index in [1.165, 1.54) is 19.3 Å². The van der Waals surface area contributed by atoms with Gasteiger partial charge in [-0.2, -0.15) is 0 Å². The molecule has 0 heterocycles. The summed E-state index contributed by atoms with van der Waals surface area (Å²) >= 11 is 2.49. The molecule has 1 aliphatic carbocycles. The first-order valence-electron chi connectivity index (χ1n) is 3.60. The Kier molecular flexibility index (Phi) is 3.26. The van der Waals surface area contributed by atoms with Crippen LogP contribution in [0.25, 0.3) is 0 Å². The lowest BCUT2D eigenvalue weighted by Gasteiger charge is -2.12. The molecule has 0 radical (unpaired) electrons. The molecule has 54 valence electrons. The van der Waals surface area contributed by atoms with Gasteiger partial charge in [0.05, 0.1) is 6.10 Å². The standard InChI is InChI=1S/C7H13IO/c1-2-9-7-5-3-4-6(7)8/h6-7H,2-5H2,1H3/t6-,7-/m1/s1. The van der Waals surface area contributed by atoms with Crippen molar-refractivity contribution in [3.8, 4) is 0 Å². The van der Waals surface area contributed by atoms with Gasteiger partial charge >= 0.3 is 0 Å². The van der Waals surface area contributed by atoms with Crippen molar-refractivity contribution in [2.75, 3.05) is 6.61 Å². The quantitative estimate of drug-likeness (QED) is 0.532. The Morgan fingerprint density at radius 2 is 2.33 bits per heavy atom. The van der Waals surface area contributed by atoms with Crippen molar-refractivity contribution in [3.63, 3.8) is 0 Å². The second-order valence-electron chi connectivity index (χ2n) is 2.44. The summed E-state index contributed by atoms with van der Waals surface area (Å²) in [6.07, 6.45) is 4.56. The summed E-state index contributed by atoms with van der Waals surface area (Å²) < 4.78 is 6.29. The number of hydrogen-bond donors (Lipinski definition) is 0. The summed E-state index contributed by atoms with van der Waals surface area (Å²) in [5.41, 5.74) is 0. The maximum Gasteiger partial charge on any atom is 0.0692 e. The van der Waals surface area contributed by atoms with E-state index in [4.69, 9.17) is 4.74 Å². The van der Waals surface area contributed by atoms with Crippen LogP contribution in [0.4, 0.5) is 0 Å². The van der Waals surface area contributed by atoms with Crippen molar-refractivity contribution in [2.24, 2.45) is 0 Å². The number of ether oxygens (including phenoxy) is 1. The molecule has 1 saturated carbocycles.